The van der Waals surface area contributed by atoms with Crippen molar-refractivity contribution in [3.63, 3.8) is 0 Å². The largest absolute Gasteiger partial charge is 0.0845 e. The summed E-state index contributed by atoms with van der Waals surface area (Å²) in [6.45, 7) is 7.47. The van der Waals surface area contributed by atoms with Crippen molar-refractivity contribution in [1.29, 1.82) is 0 Å². The highest BCUT2D eigenvalue weighted by Gasteiger charge is 1.82. The topological polar surface area (TPSA) is 0 Å². The average molecular weight is 372 g/mol. The van der Waals surface area contributed by atoms with Crippen LogP contribution in [0.4, 0.5) is 0 Å². The van der Waals surface area contributed by atoms with Gasteiger partial charge in [-0.15, -0.1) is 0 Å². The Morgan fingerprint density at radius 2 is 0.786 bits per heavy atom. The van der Waals surface area contributed by atoms with E-state index in [2.05, 4.69) is 31.2 Å². The minimum absolute atomic E-state index is 1.18. The summed E-state index contributed by atoms with van der Waals surface area (Å²) in [5.41, 5.74) is 0. The van der Waals surface area contributed by atoms with Crippen LogP contribution in [0.15, 0.2) is 128 Å². The molecule has 0 heteroatoms. The first-order chi connectivity index (χ1) is 13.9. The van der Waals surface area contributed by atoms with Gasteiger partial charge in [-0.25, -0.2) is 0 Å². The van der Waals surface area contributed by atoms with Gasteiger partial charge < -0.3 is 0 Å². The fourth-order valence-corrected chi connectivity index (χ4v) is 2.02. The maximum absolute atomic E-state index is 5.22. The molecule has 0 heterocycles. The van der Waals surface area contributed by atoms with Gasteiger partial charge in [-0.2, -0.15) is 0 Å². The normalized spacial score (nSPS) is 14.0. The highest BCUT2D eigenvalue weighted by molar-refractivity contribution is 5.22. The van der Waals surface area contributed by atoms with Crippen molar-refractivity contribution in [3.05, 3.63) is 134 Å². The zero-order valence-electron chi connectivity index (χ0n) is 17.2. The van der Waals surface area contributed by atoms with Gasteiger partial charge in [0.05, 0.1) is 0 Å². The standard InChI is InChI=1S/C28H35/c1-3-5-7-9-11-13-15-17-19-21-23-25-27-28-26-24-22-20-18-16-14-12-10-8-6-4-2/h1,3,5,7,9,11,13-28H,4,6,8,10,12H2,2H3/b3-1?,7-5+,11-9+,15-13+,16-14+,19-17+,20-18+,23-21+,24-22+,27-25+,28-26+. The first-order valence-corrected chi connectivity index (χ1v) is 10.1. The molecule has 0 saturated heterocycles. The first kappa shape index (κ1) is 25.1. The number of rotatable bonds is 15. The van der Waals surface area contributed by atoms with Crippen LogP contribution in [0.25, 0.3) is 0 Å². The molecule has 0 aromatic heterocycles. The highest BCUT2D eigenvalue weighted by atomic mass is 13.9. The van der Waals surface area contributed by atoms with Crippen LogP contribution in [-0.2, 0) is 0 Å². The second kappa shape index (κ2) is 24.1. The third-order valence-electron chi connectivity index (χ3n) is 3.47. The molecule has 0 unspecified atom stereocenters. The van der Waals surface area contributed by atoms with E-state index in [1.54, 1.807) is 6.08 Å². The van der Waals surface area contributed by atoms with E-state index in [1.807, 2.05) is 91.1 Å². The lowest BCUT2D eigenvalue weighted by atomic mass is 10.1. The van der Waals surface area contributed by atoms with E-state index < -0.39 is 0 Å². The molecule has 0 rings (SSSR count). The molecule has 0 aliphatic carbocycles. The first-order valence-electron chi connectivity index (χ1n) is 10.1. The van der Waals surface area contributed by atoms with Gasteiger partial charge >= 0.3 is 0 Å². The fraction of sp³-hybridized carbons (Fsp3) is 0.214. The number of hydrogen-bond donors (Lipinski definition) is 0. The van der Waals surface area contributed by atoms with Crippen molar-refractivity contribution in [1.82, 2.24) is 0 Å². The molecule has 0 aliphatic rings. The van der Waals surface area contributed by atoms with E-state index in [0.29, 0.717) is 0 Å². The molecule has 0 N–H and O–H groups in total. The number of unbranched alkanes of at least 4 members (excludes halogenated alkanes) is 4. The van der Waals surface area contributed by atoms with Gasteiger partial charge in [-0.3, -0.25) is 0 Å². The van der Waals surface area contributed by atoms with Crippen molar-refractivity contribution < 1.29 is 0 Å². The van der Waals surface area contributed by atoms with Crippen LogP contribution in [-0.4, -0.2) is 0 Å². The minimum atomic E-state index is 1.18. The molecule has 0 saturated carbocycles. The lowest BCUT2D eigenvalue weighted by molar-refractivity contribution is 0.674. The van der Waals surface area contributed by atoms with Crippen LogP contribution in [0.1, 0.15) is 39.0 Å². The molecule has 0 amide bonds. The van der Waals surface area contributed by atoms with Gasteiger partial charge in [-0.1, -0.05) is 160 Å². The van der Waals surface area contributed by atoms with E-state index in [-0.39, 0.29) is 0 Å². The van der Waals surface area contributed by atoms with Crippen molar-refractivity contribution in [2.75, 3.05) is 0 Å². The van der Waals surface area contributed by atoms with Gasteiger partial charge in [-0.05, 0) is 12.8 Å². The third kappa shape index (κ3) is 23.1. The minimum Gasteiger partial charge on any atom is -0.0845 e. The van der Waals surface area contributed by atoms with Crippen LogP contribution in [0, 0.1) is 6.58 Å². The van der Waals surface area contributed by atoms with Crippen molar-refractivity contribution >= 4 is 0 Å². The quantitative estimate of drug-likeness (QED) is 0.200. The Morgan fingerprint density at radius 3 is 1.14 bits per heavy atom. The molecule has 0 nitrogen and oxygen atoms in total. The van der Waals surface area contributed by atoms with Gasteiger partial charge in [0, 0.05) is 0 Å². The van der Waals surface area contributed by atoms with E-state index >= 15 is 0 Å². The summed E-state index contributed by atoms with van der Waals surface area (Å²) < 4.78 is 0. The SMILES string of the molecule is [CH]=C/C=C/C=C/C=C/C=C/C=C/C=C/C=C/C=C/C=C/C=C/CCCCCC. The molecular formula is C28H35. The Kier molecular flexibility index (Phi) is 21.7. The summed E-state index contributed by atoms with van der Waals surface area (Å²) in [4.78, 5) is 0. The average Bonchev–Trinajstić information content (AvgIpc) is 2.71. The molecular weight excluding hydrogens is 336 g/mol. The molecule has 0 aromatic rings. The smallest absolute Gasteiger partial charge is 0.0348 e. The number of hydrogen-bond acceptors (Lipinski definition) is 0. The van der Waals surface area contributed by atoms with Crippen LogP contribution < -0.4 is 0 Å². The zero-order valence-corrected chi connectivity index (χ0v) is 17.2. The summed E-state index contributed by atoms with van der Waals surface area (Å²) in [6, 6.07) is 0. The maximum atomic E-state index is 5.22. The van der Waals surface area contributed by atoms with Gasteiger partial charge in [0.1, 0.15) is 0 Å². The van der Waals surface area contributed by atoms with Crippen LogP contribution >= 0.6 is 0 Å². The molecule has 28 heavy (non-hydrogen) atoms. The second-order valence-electron chi connectivity index (χ2n) is 5.93. The van der Waals surface area contributed by atoms with E-state index in [0.717, 1.165) is 0 Å². The van der Waals surface area contributed by atoms with Crippen molar-refractivity contribution in [2.24, 2.45) is 0 Å². The fourth-order valence-electron chi connectivity index (χ4n) is 2.02. The Hall–Kier alpha value is -2.86. The highest BCUT2D eigenvalue weighted by Crippen LogP contribution is 2.02. The molecule has 0 bridgehead atoms. The van der Waals surface area contributed by atoms with E-state index in [4.69, 9.17) is 6.58 Å². The Morgan fingerprint density at radius 1 is 0.429 bits per heavy atom. The molecule has 0 fully saturated rings. The van der Waals surface area contributed by atoms with Gasteiger partial charge in [0.25, 0.3) is 0 Å². The zero-order chi connectivity index (χ0) is 20.4. The summed E-state index contributed by atoms with van der Waals surface area (Å²) in [6.07, 6.45) is 48.0. The molecule has 0 aliphatic heterocycles. The predicted molar refractivity (Wildman–Crippen MR) is 129 cm³/mol. The molecule has 0 aromatic carbocycles. The van der Waals surface area contributed by atoms with E-state index in [1.165, 1.54) is 38.2 Å². The van der Waals surface area contributed by atoms with Gasteiger partial charge in [0.2, 0.25) is 0 Å². The lowest BCUT2D eigenvalue weighted by Crippen LogP contribution is -1.72. The predicted octanol–water partition coefficient (Wildman–Crippen LogP) is 8.51. The maximum Gasteiger partial charge on any atom is -0.0348 e. The lowest BCUT2D eigenvalue weighted by Gasteiger charge is -1.92. The second-order valence-corrected chi connectivity index (χ2v) is 5.93. The summed E-state index contributed by atoms with van der Waals surface area (Å²) >= 11 is 0. The van der Waals surface area contributed by atoms with Crippen molar-refractivity contribution in [2.45, 2.75) is 39.0 Å². The number of allylic oxidation sites excluding steroid dienone is 21. The van der Waals surface area contributed by atoms with E-state index in [9.17, 15) is 0 Å². The Labute approximate surface area is 173 Å². The van der Waals surface area contributed by atoms with Crippen LogP contribution in [0.5, 0.6) is 0 Å². The summed E-state index contributed by atoms with van der Waals surface area (Å²) in [5.74, 6) is 0. The molecule has 0 spiro atoms. The molecule has 147 valence electrons. The van der Waals surface area contributed by atoms with Crippen molar-refractivity contribution in [3.8, 4) is 0 Å². The van der Waals surface area contributed by atoms with Crippen LogP contribution in [0.3, 0.4) is 0 Å². The summed E-state index contributed by atoms with van der Waals surface area (Å²) in [5, 5.41) is 0. The molecule has 0 atom stereocenters. The summed E-state index contributed by atoms with van der Waals surface area (Å²) in [7, 11) is 0. The molecule has 1 radical (unpaired) electrons. The third-order valence-corrected chi connectivity index (χ3v) is 3.47. The van der Waals surface area contributed by atoms with Gasteiger partial charge in [0.15, 0.2) is 0 Å². The Balaban J connectivity index is 3.82. The Bertz CT molecular complexity index is 638. The monoisotopic (exact) mass is 371 g/mol. The van der Waals surface area contributed by atoms with Crippen LogP contribution in [0.2, 0.25) is 0 Å².